The first-order valence-electron chi connectivity index (χ1n) is 8.51. The van der Waals surface area contributed by atoms with Gasteiger partial charge >= 0.3 is 18.3 Å². The van der Waals surface area contributed by atoms with Crippen LogP contribution < -0.4 is 15.8 Å². The quantitative estimate of drug-likeness (QED) is 0.578. The zero-order valence-corrected chi connectivity index (χ0v) is 15.0. The number of alkyl halides is 2. The molecule has 1 aromatic heterocycles. The van der Waals surface area contributed by atoms with Crippen molar-refractivity contribution < 1.29 is 32.3 Å². The van der Waals surface area contributed by atoms with Gasteiger partial charge in [-0.05, 0) is 24.3 Å². The molecule has 0 fully saturated rings. The van der Waals surface area contributed by atoms with Crippen LogP contribution in [0.1, 0.15) is 6.42 Å². The third kappa shape index (κ3) is 5.18. The summed E-state index contributed by atoms with van der Waals surface area (Å²) in [5.74, 6) is -2.26. The van der Waals surface area contributed by atoms with Crippen LogP contribution in [0.3, 0.4) is 0 Å². The number of aromatic nitrogens is 1. The first-order chi connectivity index (χ1) is 13.9. The lowest BCUT2D eigenvalue weighted by Gasteiger charge is -2.11. The highest BCUT2D eigenvalue weighted by Crippen LogP contribution is 2.25. The smallest absolute Gasteiger partial charge is 0.419 e. The van der Waals surface area contributed by atoms with Crippen LogP contribution in [0.2, 0.25) is 0 Å². The van der Waals surface area contributed by atoms with Crippen molar-refractivity contribution in [3.8, 4) is 5.75 Å². The molecule has 0 spiro atoms. The number of ether oxygens (including phenoxy) is 2. The van der Waals surface area contributed by atoms with Crippen molar-refractivity contribution in [2.24, 2.45) is 0 Å². The minimum atomic E-state index is -3.05. The number of para-hydroxylation sites is 4. The molecule has 0 atom stereocenters. The van der Waals surface area contributed by atoms with Gasteiger partial charge in [-0.25, -0.2) is 4.79 Å². The summed E-state index contributed by atoms with van der Waals surface area (Å²) in [5, 5.41) is 2.33. The number of carbonyl (C=O) groups is 2. The number of nitrogens with one attached hydrogen (secondary N) is 1. The second kappa shape index (κ2) is 9.00. The summed E-state index contributed by atoms with van der Waals surface area (Å²) in [5.41, 5.74) is 0.957. The van der Waals surface area contributed by atoms with Gasteiger partial charge in [0.05, 0.1) is 17.6 Å². The van der Waals surface area contributed by atoms with Gasteiger partial charge in [0.25, 0.3) is 5.91 Å². The van der Waals surface area contributed by atoms with E-state index in [1.807, 2.05) is 0 Å². The van der Waals surface area contributed by atoms with Crippen molar-refractivity contribution in [3.05, 3.63) is 59.1 Å². The van der Waals surface area contributed by atoms with Crippen LogP contribution in [0, 0.1) is 0 Å². The van der Waals surface area contributed by atoms with E-state index < -0.39 is 30.9 Å². The molecule has 0 saturated carbocycles. The summed E-state index contributed by atoms with van der Waals surface area (Å²) < 4.78 is 40.3. The minimum absolute atomic E-state index is 0.0152. The Bertz CT molecular complexity index is 1080. The highest BCUT2D eigenvalue weighted by molar-refractivity contribution is 5.94. The molecular formula is C19H16F2N2O6. The SMILES string of the molecule is O=C(COC(=O)CCn1c(=O)oc2ccccc21)Nc1ccccc1OC(F)F. The highest BCUT2D eigenvalue weighted by atomic mass is 19.3. The Labute approximate surface area is 162 Å². The van der Waals surface area contributed by atoms with E-state index in [2.05, 4.69) is 10.1 Å². The van der Waals surface area contributed by atoms with Gasteiger partial charge in [0.15, 0.2) is 12.2 Å². The molecule has 0 aliphatic heterocycles. The normalized spacial score (nSPS) is 10.9. The second-order valence-electron chi connectivity index (χ2n) is 5.82. The number of hydrogen-bond acceptors (Lipinski definition) is 6. The van der Waals surface area contributed by atoms with Gasteiger partial charge < -0.3 is 19.2 Å². The molecule has 3 rings (SSSR count). The first-order valence-corrected chi connectivity index (χ1v) is 8.51. The minimum Gasteiger partial charge on any atom is -0.456 e. The Morgan fingerprint density at radius 2 is 1.83 bits per heavy atom. The molecule has 0 bridgehead atoms. The number of fused-ring (bicyclic) bond motifs is 1. The number of halogens is 2. The topological polar surface area (TPSA) is 99.8 Å². The number of esters is 1. The predicted octanol–water partition coefficient (Wildman–Crippen LogP) is 2.77. The van der Waals surface area contributed by atoms with Gasteiger partial charge in [0, 0.05) is 6.54 Å². The van der Waals surface area contributed by atoms with Crippen LogP contribution in [0.5, 0.6) is 5.75 Å². The third-order valence-corrected chi connectivity index (χ3v) is 3.85. The Balaban J connectivity index is 1.51. The van der Waals surface area contributed by atoms with Crippen molar-refractivity contribution >= 4 is 28.7 Å². The Hall–Kier alpha value is -3.69. The van der Waals surface area contributed by atoms with Gasteiger partial charge in [-0.2, -0.15) is 8.78 Å². The number of benzene rings is 2. The van der Waals surface area contributed by atoms with Crippen molar-refractivity contribution in [1.82, 2.24) is 4.57 Å². The monoisotopic (exact) mass is 406 g/mol. The number of amides is 1. The number of carbonyl (C=O) groups excluding carboxylic acids is 2. The summed E-state index contributed by atoms with van der Waals surface area (Å²) in [7, 11) is 0. The van der Waals surface area contributed by atoms with E-state index in [-0.39, 0.29) is 24.4 Å². The van der Waals surface area contributed by atoms with E-state index in [1.165, 1.54) is 28.8 Å². The number of anilines is 1. The summed E-state index contributed by atoms with van der Waals surface area (Å²) in [6, 6.07) is 12.4. The van der Waals surface area contributed by atoms with Crippen LogP contribution in [0.25, 0.3) is 11.1 Å². The average molecular weight is 406 g/mol. The van der Waals surface area contributed by atoms with Crippen molar-refractivity contribution in [1.29, 1.82) is 0 Å². The van der Waals surface area contributed by atoms with E-state index in [9.17, 15) is 23.2 Å². The van der Waals surface area contributed by atoms with E-state index in [0.29, 0.717) is 11.1 Å². The van der Waals surface area contributed by atoms with E-state index in [0.717, 1.165) is 0 Å². The third-order valence-electron chi connectivity index (χ3n) is 3.85. The number of hydrogen-bond donors (Lipinski definition) is 1. The number of nitrogens with zero attached hydrogens (tertiary/aromatic N) is 1. The fourth-order valence-corrected chi connectivity index (χ4v) is 2.60. The summed E-state index contributed by atoms with van der Waals surface area (Å²) in [4.78, 5) is 35.6. The molecular weight excluding hydrogens is 390 g/mol. The molecule has 0 radical (unpaired) electrons. The van der Waals surface area contributed by atoms with E-state index in [1.54, 1.807) is 24.3 Å². The predicted molar refractivity (Wildman–Crippen MR) is 97.8 cm³/mol. The molecule has 152 valence electrons. The number of aryl methyl sites for hydroxylation is 1. The van der Waals surface area contributed by atoms with Crippen LogP contribution >= 0.6 is 0 Å². The molecule has 0 unspecified atom stereocenters. The summed E-state index contributed by atoms with van der Waals surface area (Å²) >= 11 is 0. The largest absolute Gasteiger partial charge is 0.456 e. The molecule has 0 saturated heterocycles. The Kier molecular flexibility index (Phi) is 6.22. The van der Waals surface area contributed by atoms with Gasteiger partial charge in [-0.1, -0.05) is 24.3 Å². The van der Waals surface area contributed by atoms with Gasteiger partial charge in [-0.15, -0.1) is 0 Å². The maximum Gasteiger partial charge on any atom is 0.419 e. The zero-order valence-electron chi connectivity index (χ0n) is 15.0. The molecule has 10 heteroatoms. The van der Waals surface area contributed by atoms with Crippen molar-refractivity contribution in [3.63, 3.8) is 0 Å². The van der Waals surface area contributed by atoms with Crippen LogP contribution in [-0.4, -0.2) is 29.7 Å². The van der Waals surface area contributed by atoms with E-state index >= 15 is 0 Å². The molecule has 2 aromatic carbocycles. The fraction of sp³-hybridized carbons (Fsp3) is 0.211. The molecule has 0 aliphatic carbocycles. The number of rotatable bonds is 8. The molecule has 29 heavy (non-hydrogen) atoms. The summed E-state index contributed by atoms with van der Waals surface area (Å²) in [6.07, 6.45) is -0.165. The van der Waals surface area contributed by atoms with Crippen LogP contribution in [0.15, 0.2) is 57.7 Å². The molecule has 8 nitrogen and oxygen atoms in total. The zero-order chi connectivity index (χ0) is 20.8. The van der Waals surface area contributed by atoms with E-state index in [4.69, 9.17) is 9.15 Å². The van der Waals surface area contributed by atoms with Gasteiger partial charge in [-0.3, -0.25) is 14.2 Å². The maximum absolute atomic E-state index is 12.4. The Morgan fingerprint density at radius 3 is 2.62 bits per heavy atom. The molecule has 0 aliphatic rings. The number of oxazole rings is 1. The molecule has 1 N–H and O–H groups in total. The maximum atomic E-state index is 12.4. The van der Waals surface area contributed by atoms with Crippen LogP contribution in [0.4, 0.5) is 14.5 Å². The molecule has 3 aromatic rings. The van der Waals surface area contributed by atoms with Crippen molar-refractivity contribution in [2.75, 3.05) is 11.9 Å². The summed E-state index contributed by atoms with van der Waals surface area (Å²) in [6.45, 7) is -3.65. The lowest BCUT2D eigenvalue weighted by molar-refractivity contribution is -0.147. The Morgan fingerprint density at radius 1 is 1.10 bits per heavy atom. The molecule has 1 heterocycles. The average Bonchev–Trinajstić information content (AvgIpc) is 3.01. The standard InChI is InChI=1S/C19H16F2N2O6/c20-18(21)28-14-7-3-1-5-12(14)22-16(24)11-27-17(25)9-10-23-13-6-2-4-8-15(13)29-19(23)26/h1-8,18H,9-11H2,(H,22,24). The lowest BCUT2D eigenvalue weighted by Crippen LogP contribution is -2.23. The second-order valence-corrected chi connectivity index (χ2v) is 5.82. The van der Waals surface area contributed by atoms with Gasteiger partial charge in [0.1, 0.15) is 5.75 Å². The van der Waals surface area contributed by atoms with Gasteiger partial charge in [0.2, 0.25) is 0 Å². The first kappa shape index (κ1) is 20.1. The fourth-order valence-electron chi connectivity index (χ4n) is 2.60. The molecule has 1 amide bonds. The van der Waals surface area contributed by atoms with Crippen molar-refractivity contribution in [2.45, 2.75) is 19.6 Å². The van der Waals surface area contributed by atoms with Crippen LogP contribution in [-0.2, 0) is 20.9 Å². The lowest BCUT2D eigenvalue weighted by atomic mass is 10.3. The highest BCUT2D eigenvalue weighted by Gasteiger charge is 2.14.